The summed E-state index contributed by atoms with van der Waals surface area (Å²) in [6, 6.07) is 0.625. The van der Waals surface area contributed by atoms with Gasteiger partial charge >= 0.3 is 0 Å². The van der Waals surface area contributed by atoms with Crippen molar-refractivity contribution in [2.45, 2.75) is 45.3 Å². The monoisotopic (exact) mass is 284 g/mol. The van der Waals surface area contributed by atoms with E-state index in [1.54, 1.807) is 11.3 Å². The summed E-state index contributed by atoms with van der Waals surface area (Å²) < 4.78 is 5.52. The van der Waals surface area contributed by atoms with Gasteiger partial charge in [-0.25, -0.2) is 4.98 Å². The summed E-state index contributed by atoms with van der Waals surface area (Å²) in [6.45, 7) is 5.94. The van der Waals surface area contributed by atoms with Gasteiger partial charge in [-0.3, -0.25) is 0 Å². The fourth-order valence-electron chi connectivity index (χ4n) is 2.25. The van der Waals surface area contributed by atoms with Crippen molar-refractivity contribution >= 4 is 11.3 Å². The molecule has 0 radical (unpaired) electrons. The van der Waals surface area contributed by atoms with Gasteiger partial charge in [-0.05, 0) is 19.3 Å². The lowest BCUT2D eigenvalue weighted by atomic mass is 10.3. The molecule has 0 spiro atoms. The highest BCUT2D eigenvalue weighted by atomic mass is 32.1. The molecule has 1 aromatic heterocycles. The van der Waals surface area contributed by atoms with Crippen molar-refractivity contribution < 1.29 is 9.84 Å². The zero-order chi connectivity index (χ0) is 13.7. The summed E-state index contributed by atoms with van der Waals surface area (Å²) in [4.78, 5) is 5.48. The van der Waals surface area contributed by atoms with Crippen LogP contribution >= 0.6 is 11.3 Å². The number of aryl methyl sites for hydroxylation is 1. The smallest absolute Gasteiger partial charge is 0.0897 e. The largest absolute Gasteiger partial charge is 0.389 e. The Kier molecular flexibility index (Phi) is 5.76. The molecule has 1 heterocycles. The van der Waals surface area contributed by atoms with Gasteiger partial charge in [0.1, 0.15) is 0 Å². The Morgan fingerprint density at radius 2 is 2.47 bits per heavy atom. The molecule has 1 aliphatic rings. The zero-order valence-electron chi connectivity index (χ0n) is 11.8. The summed E-state index contributed by atoms with van der Waals surface area (Å²) in [5.74, 6) is 0.822. The molecule has 1 saturated carbocycles. The number of ether oxygens (including phenoxy) is 1. The van der Waals surface area contributed by atoms with E-state index >= 15 is 0 Å². The molecule has 0 aromatic carbocycles. The molecule has 0 bridgehead atoms. The van der Waals surface area contributed by atoms with E-state index in [0.29, 0.717) is 25.8 Å². The van der Waals surface area contributed by atoms with Gasteiger partial charge in [0, 0.05) is 23.9 Å². The first kappa shape index (κ1) is 14.9. The second-order valence-corrected chi connectivity index (χ2v) is 6.20. The maximum Gasteiger partial charge on any atom is 0.0897 e. The minimum Gasteiger partial charge on any atom is -0.389 e. The minimum atomic E-state index is -0.402. The van der Waals surface area contributed by atoms with Crippen molar-refractivity contribution in [3.63, 3.8) is 0 Å². The van der Waals surface area contributed by atoms with Gasteiger partial charge in [-0.1, -0.05) is 13.3 Å². The SMILES string of the molecule is CCC1CC1NCC(O)COCCc1scnc1C. The Morgan fingerprint density at radius 1 is 1.63 bits per heavy atom. The second-order valence-electron chi connectivity index (χ2n) is 5.26. The Hall–Kier alpha value is -0.490. The first-order chi connectivity index (χ1) is 9.20. The quantitative estimate of drug-likeness (QED) is 0.679. The van der Waals surface area contributed by atoms with Gasteiger partial charge in [0.25, 0.3) is 0 Å². The summed E-state index contributed by atoms with van der Waals surface area (Å²) in [5, 5.41) is 13.2. The predicted molar refractivity (Wildman–Crippen MR) is 77.6 cm³/mol. The lowest BCUT2D eigenvalue weighted by Crippen LogP contribution is -2.32. The van der Waals surface area contributed by atoms with E-state index in [9.17, 15) is 5.11 Å². The van der Waals surface area contributed by atoms with E-state index in [0.717, 1.165) is 18.0 Å². The lowest BCUT2D eigenvalue weighted by Gasteiger charge is -2.12. The Balaban J connectivity index is 1.50. The fraction of sp³-hybridized carbons (Fsp3) is 0.786. The predicted octanol–water partition coefficient (Wildman–Crippen LogP) is 1.76. The third kappa shape index (κ3) is 4.84. The second kappa shape index (κ2) is 7.33. The third-order valence-electron chi connectivity index (χ3n) is 3.69. The number of nitrogens with one attached hydrogen (secondary N) is 1. The number of aliphatic hydroxyl groups excluding tert-OH is 1. The van der Waals surface area contributed by atoms with E-state index in [1.165, 1.54) is 17.7 Å². The number of thiazole rings is 1. The van der Waals surface area contributed by atoms with Crippen LogP contribution in [0.25, 0.3) is 0 Å². The molecule has 3 atom stereocenters. The molecule has 4 nitrogen and oxygen atoms in total. The first-order valence-electron chi connectivity index (χ1n) is 7.08. The molecule has 2 rings (SSSR count). The maximum absolute atomic E-state index is 9.80. The van der Waals surface area contributed by atoms with Crippen molar-refractivity contribution in [3.8, 4) is 0 Å². The summed E-state index contributed by atoms with van der Waals surface area (Å²) in [7, 11) is 0. The average Bonchev–Trinajstić information content (AvgIpc) is 3.06. The van der Waals surface area contributed by atoms with E-state index in [1.807, 2.05) is 12.4 Å². The van der Waals surface area contributed by atoms with Crippen LogP contribution in [0.3, 0.4) is 0 Å². The van der Waals surface area contributed by atoms with Crippen molar-refractivity contribution in [2.24, 2.45) is 5.92 Å². The number of aromatic nitrogens is 1. The Morgan fingerprint density at radius 3 is 3.11 bits per heavy atom. The van der Waals surface area contributed by atoms with Crippen LogP contribution in [0.4, 0.5) is 0 Å². The zero-order valence-corrected chi connectivity index (χ0v) is 12.6. The van der Waals surface area contributed by atoms with Crippen LogP contribution in [0.15, 0.2) is 5.51 Å². The van der Waals surface area contributed by atoms with Gasteiger partial charge < -0.3 is 15.2 Å². The number of rotatable bonds is 9. The van der Waals surface area contributed by atoms with Gasteiger partial charge in [0.05, 0.1) is 30.5 Å². The molecule has 0 saturated heterocycles. The summed E-state index contributed by atoms with van der Waals surface area (Å²) in [6.07, 6.45) is 2.98. The number of hydrogen-bond acceptors (Lipinski definition) is 5. The maximum atomic E-state index is 9.80. The van der Waals surface area contributed by atoms with Crippen molar-refractivity contribution in [3.05, 3.63) is 16.1 Å². The third-order valence-corrected chi connectivity index (χ3v) is 4.69. The Labute approximate surface area is 119 Å². The molecule has 108 valence electrons. The first-order valence-corrected chi connectivity index (χ1v) is 7.96. The van der Waals surface area contributed by atoms with Crippen LogP contribution in [0.2, 0.25) is 0 Å². The number of aliphatic hydroxyl groups is 1. The minimum absolute atomic E-state index is 0.402. The highest BCUT2D eigenvalue weighted by Crippen LogP contribution is 2.32. The van der Waals surface area contributed by atoms with Gasteiger partial charge in [0.2, 0.25) is 0 Å². The van der Waals surface area contributed by atoms with Crippen LogP contribution in [0.5, 0.6) is 0 Å². The van der Waals surface area contributed by atoms with Crippen LogP contribution in [-0.2, 0) is 11.2 Å². The highest BCUT2D eigenvalue weighted by molar-refractivity contribution is 7.09. The molecule has 1 aromatic rings. The van der Waals surface area contributed by atoms with E-state index < -0.39 is 6.10 Å². The van der Waals surface area contributed by atoms with Crippen molar-refractivity contribution in [1.82, 2.24) is 10.3 Å². The molecule has 1 fully saturated rings. The molecule has 2 N–H and O–H groups in total. The molecular weight excluding hydrogens is 260 g/mol. The highest BCUT2D eigenvalue weighted by Gasteiger charge is 2.34. The topological polar surface area (TPSA) is 54.4 Å². The van der Waals surface area contributed by atoms with Crippen molar-refractivity contribution in [1.29, 1.82) is 0 Å². The molecule has 3 unspecified atom stereocenters. The van der Waals surface area contributed by atoms with Crippen LogP contribution < -0.4 is 5.32 Å². The lowest BCUT2D eigenvalue weighted by molar-refractivity contribution is 0.0382. The van der Waals surface area contributed by atoms with Crippen LogP contribution in [0.1, 0.15) is 30.3 Å². The number of nitrogens with zero attached hydrogens (tertiary/aromatic N) is 1. The molecule has 5 heteroatoms. The summed E-state index contributed by atoms with van der Waals surface area (Å²) in [5.41, 5.74) is 2.96. The summed E-state index contributed by atoms with van der Waals surface area (Å²) >= 11 is 1.67. The van der Waals surface area contributed by atoms with E-state index in [-0.39, 0.29) is 0 Å². The van der Waals surface area contributed by atoms with E-state index in [2.05, 4.69) is 17.2 Å². The molecule has 0 aliphatic heterocycles. The number of hydrogen-bond donors (Lipinski definition) is 2. The average molecular weight is 284 g/mol. The normalized spacial score (nSPS) is 23.5. The Bertz CT molecular complexity index is 383. The van der Waals surface area contributed by atoms with Crippen LogP contribution in [-0.4, -0.2) is 42.0 Å². The van der Waals surface area contributed by atoms with Crippen LogP contribution in [0, 0.1) is 12.8 Å². The van der Waals surface area contributed by atoms with Gasteiger partial charge in [0.15, 0.2) is 0 Å². The molecule has 1 aliphatic carbocycles. The fourth-order valence-corrected chi connectivity index (χ4v) is 3.01. The standard InChI is InChI=1S/C14H24N2O2S/c1-3-11-6-13(11)15-7-12(17)8-18-5-4-14-10(2)16-9-19-14/h9,11-13,15,17H,3-8H2,1-2H3. The molecular formula is C14H24N2O2S. The van der Waals surface area contributed by atoms with Gasteiger partial charge in [-0.15, -0.1) is 11.3 Å². The molecule has 0 amide bonds. The van der Waals surface area contributed by atoms with E-state index in [4.69, 9.17) is 4.74 Å². The van der Waals surface area contributed by atoms with Crippen molar-refractivity contribution in [2.75, 3.05) is 19.8 Å². The van der Waals surface area contributed by atoms with Gasteiger partial charge in [-0.2, -0.15) is 0 Å². The molecule has 19 heavy (non-hydrogen) atoms.